The summed E-state index contributed by atoms with van der Waals surface area (Å²) in [4.78, 5) is 14.9. The number of pyridine rings is 1. The number of hydrogen-bond donors (Lipinski definition) is 2. The maximum atomic E-state index is 13.5. The van der Waals surface area contributed by atoms with E-state index in [1.165, 1.54) is 0 Å². The highest BCUT2D eigenvalue weighted by atomic mass is 19.4. The first-order valence-corrected chi connectivity index (χ1v) is 6.85. The molecule has 134 valence electrons. The first-order valence-electron chi connectivity index (χ1n) is 6.85. The van der Waals surface area contributed by atoms with Crippen molar-refractivity contribution in [3.8, 4) is 5.88 Å². The predicted octanol–water partition coefficient (Wildman–Crippen LogP) is 2.96. The lowest BCUT2D eigenvalue weighted by molar-refractivity contribution is -0.198. The summed E-state index contributed by atoms with van der Waals surface area (Å²) in [5, 5.41) is 4.55. The molecule has 1 aromatic rings. The normalized spacial score (nSPS) is 20.5. The number of nitrogens with one attached hydrogen (secondary N) is 2. The molecule has 0 aromatic carbocycles. The van der Waals surface area contributed by atoms with Gasteiger partial charge in [0.15, 0.2) is 0 Å². The van der Waals surface area contributed by atoms with E-state index in [0.29, 0.717) is 6.20 Å². The summed E-state index contributed by atoms with van der Waals surface area (Å²) in [7, 11) is 0. The lowest BCUT2D eigenvalue weighted by atomic mass is 9.80. The summed E-state index contributed by atoms with van der Waals surface area (Å²) in [5.41, 5.74) is -0.155. The molecule has 0 unspecified atom stereocenters. The van der Waals surface area contributed by atoms with Gasteiger partial charge in [-0.1, -0.05) is 0 Å². The van der Waals surface area contributed by atoms with Crippen LogP contribution in [-0.4, -0.2) is 29.8 Å². The van der Waals surface area contributed by atoms with E-state index in [1.807, 2.05) is 0 Å². The number of rotatable bonds is 5. The summed E-state index contributed by atoms with van der Waals surface area (Å²) >= 11 is 0. The monoisotopic (exact) mass is 357 g/mol. The molecule has 1 saturated carbocycles. The second kappa shape index (κ2) is 7.14. The van der Waals surface area contributed by atoms with Crippen LogP contribution in [0.1, 0.15) is 18.4 Å². The first-order chi connectivity index (χ1) is 11.1. The number of nitrogens with zero attached hydrogens (tertiary/aromatic N) is 1. The van der Waals surface area contributed by atoms with Gasteiger partial charge in [0.05, 0.1) is 12.1 Å². The Morgan fingerprint density at radius 3 is 2.62 bits per heavy atom. The molecule has 2 N–H and O–H groups in total. The highest BCUT2D eigenvalue weighted by Gasteiger charge is 2.48. The number of hydrogen-bond acceptors (Lipinski definition) is 3. The molecule has 0 bridgehead atoms. The molecule has 11 heteroatoms. The van der Waals surface area contributed by atoms with Crippen LogP contribution in [0.5, 0.6) is 5.88 Å². The molecule has 0 spiro atoms. The standard InChI is InChI=1S/C13H13F6N3O2/c14-9-5-20-10(24-11(15)16)1-6(9)4-21-12(23)22-8-2-7(3-8)13(17,18)19/h1,5,7-8,11H,2-4H2,(H2,21,22,23). The summed E-state index contributed by atoms with van der Waals surface area (Å²) in [5.74, 6) is -2.80. The van der Waals surface area contributed by atoms with Gasteiger partial charge in [0.25, 0.3) is 0 Å². The van der Waals surface area contributed by atoms with Crippen molar-refractivity contribution >= 4 is 6.03 Å². The Kier molecular flexibility index (Phi) is 5.40. The minimum Gasteiger partial charge on any atom is -0.417 e. The summed E-state index contributed by atoms with van der Waals surface area (Å²) in [6.07, 6.45) is -4.05. The number of carbonyl (C=O) groups excluding carboxylic acids is 1. The minimum absolute atomic E-state index is 0.155. The Morgan fingerprint density at radius 2 is 2.04 bits per heavy atom. The van der Waals surface area contributed by atoms with Crippen molar-refractivity contribution < 1.29 is 35.9 Å². The van der Waals surface area contributed by atoms with Gasteiger partial charge >= 0.3 is 18.8 Å². The van der Waals surface area contributed by atoms with E-state index < -0.39 is 42.5 Å². The average molecular weight is 357 g/mol. The molecule has 1 aliphatic rings. The van der Waals surface area contributed by atoms with Gasteiger partial charge in [-0.15, -0.1) is 0 Å². The van der Waals surface area contributed by atoms with Crippen molar-refractivity contribution in [1.82, 2.24) is 15.6 Å². The van der Waals surface area contributed by atoms with Crippen molar-refractivity contribution in [3.63, 3.8) is 0 Å². The lowest BCUT2D eigenvalue weighted by Gasteiger charge is -2.36. The van der Waals surface area contributed by atoms with Crippen molar-refractivity contribution in [2.24, 2.45) is 5.92 Å². The Bertz CT molecular complexity index is 590. The van der Waals surface area contributed by atoms with Gasteiger partial charge < -0.3 is 15.4 Å². The van der Waals surface area contributed by atoms with E-state index in [0.717, 1.165) is 6.07 Å². The largest absolute Gasteiger partial charge is 0.417 e. The third-order valence-corrected chi connectivity index (χ3v) is 3.50. The number of ether oxygens (including phenoxy) is 1. The molecule has 1 fully saturated rings. The van der Waals surface area contributed by atoms with E-state index in [1.54, 1.807) is 0 Å². The highest BCUT2D eigenvalue weighted by Crippen LogP contribution is 2.40. The van der Waals surface area contributed by atoms with E-state index in [2.05, 4.69) is 20.4 Å². The molecule has 1 aliphatic carbocycles. The predicted molar refractivity (Wildman–Crippen MR) is 68.8 cm³/mol. The average Bonchev–Trinajstić information content (AvgIpc) is 2.41. The second-order valence-corrected chi connectivity index (χ2v) is 5.23. The molecule has 0 atom stereocenters. The Morgan fingerprint density at radius 1 is 1.38 bits per heavy atom. The SMILES string of the molecule is O=C(NCc1cc(OC(F)F)ncc1F)NC1CC(C(F)(F)F)C1. The van der Waals surface area contributed by atoms with Gasteiger partial charge in [0.2, 0.25) is 5.88 Å². The van der Waals surface area contributed by atoms with E-state index in [4.69, 9.17) is 0 Å². The van der Waals surface area contributed by atoms with Crippen LogP contribution in [0.2, 0.25) is 0 Å². The third-order valence-electron chi connectivity index (χ3n) is 3.50. The fourth-order valence-corrected chi connectivity index (χ4v) is 2.16. The number of alkyl halides is 5. The van der Waals surface area contributed by atoms with Crippen LogP contribution in [0.3, 0.4) is 0 Å². The van der Waals surface area contributed by atoms with Crippen LogP contribution < -0.4 is 15.4 Å². The molecule has 0 radical (unpaired) electrons. The molecular weight excluding hydrogens is 344 g/mol. The molecule has 5 nitrogen and oxygen atoms in total. The fourth-order valence-electron chi connectivity index (χ4n) is 2.16. The van der Waals surface area contributed by atoms with Gasteiger partial charge in [0, 0.05) is 24.2 Å². The maximum Gasteiger partial charge on any atom is 0.391 e. The van der Waals surface area contributed by atoms with Gasteiger partial charge in [-0.2, -0.15) is 22.0 Å². The quantitative estimate of drug-likeness (QED) is 0.797. The zero-order valence-corrected chi connectivity index (χ0v) is 12.0. The molecule has 1 heterocycles. The summed E-state index contributed by atoms with van der Waals surface area (Å²) in [6.45, 7) is -3.50. The van der Waals surface area contributed by atoms with Crippen molar-refractivity contribution in [1.29, 1.82) is 0 Å². The summed E-state index contributed by atoms with van der Waals surface area (Å²) in [6, 6.07) is -0.505. The van der Waals surface area contributed by atoms with Crippen molar-refractivity contribution in [3.05, 3.63) is 23.6 Å². The number of amides is 2. The molecule has 0 aliphatic heterocycles. The van der Waals surface area contributed by atoms with Crippen LogP contribution >= 0.6 is 0 Å². The molecular formula is C13H13F6N3O2. The number of halogens is 6. The molecule has 2 rings (SSSR count). The van der Waals surface area contributed by atoms with Crippen LogP contribution in [-0.2, 0) is 6.54 Å². The Labute approximate surface area is 132 Å². The maximum absolute atomic E-state index is 13.5. The molecule has 24 heavy (non-hydrogen) atoms. The van der Waals surface area contributed by atoms with Gasteiger partial charge in [0.1, 0.15) is 5.82 Å². The van der Waals surface area contributed by atoms with E-state index >= 15 is 0 Å². The third kappa shape index (κ3) is 4.90. The Hall–Kier alpha value is -2.20. The number of urea groups is 1. The lowest BCUT2D eigenvalue weighted by Crippen LogP contribution is -2.51. The van der Waals surface area contributed by atoms with Gasteiger partial charge in [-0.3, -0.25) is 0 Å². The zero-order valence-electron chi connectivity index (χ0n) is 12.0. The topological polar surface area (TPSA) is 63.2 Å². The van der Waals surface area contributed by atoms with Crippen LogP contribution in [0.4, 0.5) is 31.1 Å². The van der Waals surface area contributed by atoms with E-state index in [9.17, 15) is 31.1 Å². The number of aromatic nitrogens is 1. The van der Waals surface area contributed by atoms with Crippen molar-refractivity contribution in [2.75, 3.05) is 0 Å². The van der Waals surface area contributed by atoms with Crippen LogP contribution in [0.25, 0.3) is 0 Å². The smallest absolute Gasteiger partial charge is 0.391 e. The molecule has 2 amide bonds. The minimum atomic E-state index is -4.28. The highest BCUT2D eigenvalue weighted by molar-refractivity contribution is 5.74. The van der Waals surface area contributed by atoms with E-state index in [-0.39, 0.29) is 24.9 Å². The van der Waals surface area contributed by atoms with Gasteiger partial charge in [-0.25, -0.2) is 14.2 Å². The van der Waals surface area contributed by atoms with Crippen molar-refractivity contribution in [2.45, 2.75) is 38.2 Å². The first kappa shape index (κ1) is 18.1. The summed E-state index contributed by atoms with van der Waals surface area (Å²) < 4.78 is 78.5. The zero-order chi connectivity index (χ0) is 17.9. The Balaban J connectivity index is 1.80. The number of carbonyl (C=O) groups is 1. The van der Waals surface area contributed by atoms with Gasteiger partial charge in [-0.05, 0) is 12.8 Å². The fraction of sp³-hybridized carbons (Fsp3) is 0.538. The molecule has 0 saturated heterocycles. The van der Waals surface area contributed by atoms with Crippen LogP contribution in [0.15, 0.2) is 12.3 Å². The van der Waals surface area contributed by atoms with Crippen LogP contribution in [0, 0.1) is 11.7 Å². The second-order valence-electron chi connectivity index (χ2n) is 5.23. The molecule has 1 aromatic heterocycles.